The standard InChI is InChI=1S/C16H25N3O2/c1-15(2)11-19(12-16(15,3)21)14(20)10-18(4)9-13-5-7-17-8-6-13/h5-8,21H,9-12H2,1-4H3/t16-/m0/s1. The number of aliphatic hydroxyl groups is 1. The van der Waals surface area contributed by atoms with Gasteiger partial charge in [0.25, 0.3) is 0 Å². The first-order valence-corrected chi connectivity index (χ1v) is 7.29. The van der Waals surface area contributed by atoms with E-state index in [0.717, 1.165) is 5.56 Å². The molecular formula is C16H25N3O2. The Labute approximate surface area is 126 Å². The first-order chi connectivity index (χ1) is 9.71. The van der Waals surface area contributed by atoms with Crippen LogP contribution in [0.3, 0.4) is 0 Å². The van der Waals surface area contributed by atoms with E-state index in [0.29, 0.717) is 26.2 Å². The smallest absolute Gasteiger partial charge is 0.236 e. The lowest BCUT2D eigenvalue weighted by atomic mass is 9.79. The van der Waals surface area contributed by atoms with Gasteiger partial charge in [-0.25, -0.2) is 0 Å². The molecule has 0 aliphatic carbocycles. The number of carbonyl (C=O) groups is 1. The van der Waals surface area contributed by atoms with Crippen LogP contribution in [0.4, 0.5) is 0 Å². The molecule has 0 saturated carbocycles. The normalized spacial score (nSPS) is 24.6. The summed E-state index contributed by atoms with van der Waals surface area (Å²) >= 11 is 0. The molecule has 5 nitrogen and oxygen atoms in total. The topological polar surface area (TPSA) is 56.7 Å². The van der Waals surface area contributed by atoms with Crippen LogP contribution in [-0.2, 0) is 11.3 Å². The fourth-order valence-electron chi connectivity index (χ4n) is 2.65. The summed E-state index contributed by atoms with van der Waals surface area (Å²) in [7, 11) is 1.93. The first-order valence-electron chi connectivity index (χ1n) is 7.29. The summed E-state index contributed by atoms with van der Waals surface area (Å²) in [4.78, 5) is 20.1. The third-order valence-corrected chi connectivity index (χ3v) is 4.50. The maximum Gasteiger partial charge on any atom is 0.236 e. The van der Waals surface area contributed by atoms with Gasteiger partial charge in [-0.05, 0) is 31.7 Å². The molecule has 116 valence electrons. The molecule has 0 aromatic carbocycles. The predicted octanol–water partition coefficient (Wildman–Crippen LogP) is 1.13. The van der Waals surface area contributed by atoms with Crippen molar-refractivity contribution in [2.45, 2.75) is 32.9 Å². The molecule has 1 aliphatic heterocycles. The Balaban J connectivity index is 1.91. The molecule has 1 aromatic heterocycles. The van der Waals surface area contributed by atoms with E-state index in [2.05, 4.69) is 4.98 Å². The summed E-state index contributed by atoms with van der Waals surface area (Å²) in [5, 5.41) is 10.4. The quantitative estimate of drug-likeness (QED) is 0.903. The molecule has 1 fully saturated rings. The van der Waals surface area contributed by atoms with Crippen LogP contribution in [0.15, 0.2) is 24.5 Å². The van der Waals surface area contributed by atoms with E-state index in [-0.39, 0.29) is 11.3 Å². The minimum Gasteiger partial charge on any atom is -0.388 e. The highest BCUT2D eigenvalue weighted by atomic mass is 16.3. The Morgan fingerprint density at radius 1 is 1.33 bits per heavy atom. The maximum atomic E-state index is 12.4. The average molecular weight is 291 g/mol. The van der Waals surface area contributed by atoms with Crippen molar-refractivity contribution in [3.63, 3.8) is 0 Å². The number of hydrogen-bond donors (Lipinski definition) is 1. The zero-order chi connectivity index (χ0) is 15.7. The van der Waals surface area contributed by atoms with Gasteiger partial charge in [-0.1, -0.05) is 13.8 Å². The second-order valence-corrected chi connectivity index (χ2v) is 6.94. The van der Waals surface area contributed by atoms with Crippen molar-refractivity contribution in [2.75, 3.05) is 26.7 Å². The van der Waals surface area contributed by atoms with Gasteiger partial charge in [0.2, 0.25) is 5.91 Å². The van der Waals surface area contributed by atoms with Crippen LogP contribution in [-0.4, -0.2) is 58.1 Å². The Bertz CT molecular complexity index is 484. The molecule has 1 aliphatic rings. The van der Waals surface area contributed by atoms with Crippen LogP contribution in [0, 0.1) is 5.41 Å². The van der Waals surface area contributed by atoms with Crippen LogP contribution >= 0.6 is 0 Å². The lowest BCUT2D eigenvalue weighted by Crippen LogP contribution is -2.41. The van der Waals surface area contributed by atoms with E-state index < -0.39 is 5.60 Å². The minimum atomic E-state index is -0.827. The zero-order valence-electron chi connectivity index (χ0n) is 13.3. The van der Waals surface area contributed by atoms with Crippen molar-refractivity contribution in [2.24, 2.45) is 5.41 Å². The summed E-state index contributed by atoms with van der Waals surface area (Å²) in [6.07, 6.45) is 3.51. The van der Waals surface area contributed by atoms with Crippen LogP contribution < -0.4 is 0 Å². The number of β-amino-alcohol motifs (C(OH)–C–C–N with tert-alkyl or cyclic N) is 1. The fourth-order valence-corrected chi connectivity index (χ4v) is 2.65. The Morgan fingerprint density at radius 3 is 2.48 bits per heavy atom. The van der Waals surface area contributed by atoms with Crippen molar-refractivity contribution in [1.29, 1.82) is 0 Å². The third-order valence-electron chi connectivity index (χ3n) is 4.50. The van der Waals surface area contributed by atoms with E-state index in [1.165, 1.54) is 0 Å². The number of carbonyl (C=O) groups excluding carboxylic acids is 1. The van der Waals surface area contributed by atoms with Crippen LogP contribution in [0.1, 0.15) is 26.3 Å². The molecular weight excluding hydrogens is 266 g/mol. The summed E-state index contributed by atoms with van der Waals surface area (Å²) in [5.41, 5.74) is 0.0348. The van der Waals surface area contributed by atoms with Gasteiger partial charge in [-0.2, -0.15) is 0 Å². The van der Waals surface area contributed by atoms with E-state index >= 15 is 0 Å². The van der Waals surface area contributed by atoms with Crippen molar-refractivity contribution >= 4 is 5.91 Å². The number of rotatable bonds is 4. The molecule has 0 bridgehead atoms. The Kier molecular flexibility index (Phi) is 4.35. The van der Waals surface area contributed by atoms with Gasteiger partial charge in [0.05, 0.1) is 12.1 Å². The lowest BCUT2D eigenvalue weighted by Gasteiger charge is -2.30. The van der Waals surface area contributed by atoms with Crippen LogP contribution in [0.5, 0.6) is 0 Å². The Hall–Kier alpha value is -1.46. The molecule has 1 aromatic rings. The van der Waals surface area contributed by atoms with Gasteiger partial charge in [0.15, 0.2) is 0 Å². The molecule has 0 unspecified atom stereocenters. The van der Waals surface area contributed by atoms with E-state index in [4.69, 9.17) is 0 Å². The number of aromatic nitrogens is 1. The first kappa shape index (κ1) is 15.9. The molecule has 0 radical (unpaired) electrons. The average Bonchev–Trinajstić information content (AvgIpc) is 2.59. The van der Waals surface area contributed by atoms with E-state index in [9.17, 15) is 9.90 Å². The van der Waals surface area contributed by atoms with Gasteiger partial charge in [-0.15, -0.1) is 0 Å². The summed E-state index contributed by atoms with van der Waals surface area (Å²) in [5.74, 6) is 0.0670. The number of pyridine rings is 1. The Morgan fingerprint density at radius 2 is 1.95 bits per heavy atom. The molecule has 2 heterocycles. The highest BCUT2D eigenvalue weighted by molar-refractivity contribution is 5.78. The van der Waals surface area contributed by atoms with E-state index in [1.54, 1.807) is 24.2 Å². The summed E-state index contributed by atoms with van der Waals surface area (Å²) in [6, 6.07) is 3.90. The highest BCUT2D eigenvalue weighted by Crippen LogP contribution is 2.38. The van der Waals surface area contributed by atoms with Crippen molar-refractivity contribution in [3.05, 3.63) is 30.1 Å². The summed E-state index contributed by atoms with van der Waals surface area (Å²) < 4.78 is 0. The number of hydrogen-bond acceptors (Lipinski definition) is 4. The number of likely N-dealkylation sites (tertiary alicyclic amines) is 1. The maximum absolute atomic E-state index is 12.4. The number of likely N-dealkylation sites (N-methyl/N-ethyl adjacent to an activating group) is 1. The molecule has 2 rings (SSSR count). The van der Waals surface area contributed by atoms with Crippen molar-refractivity contribution in [3.8, 4) is 0 Å². The van der Waals surface area contributed by atoms with Gasteiger partial charge in [0.1, 0.15) is 0 Å². The molecule has 0 spiro atoms. The SMILES string of the molecule is CN(CC(=O)N1CC(C)(C)[C@@](C)(O)C1)Cc1ccncc1. The third kappa shape index (κ3) is 3.60. The second kappa shape index (κ2) is 5.73. The predicted molar refractivity (Wildman–Crippen MR) is 81.6 cm³/mol. The minimum absolute atomic E-state index is 0.0670. The highest BCUT2D eigenvalue weighted by Gasteiger charge is 2.49. The molecule has 5 heteroatoms. The summed E-state index contributed by atoms with van der Waals surface area (Å²) in [6.45, 7) is 7.88. The molecule has 21 heavy (non-hydrogen) atoms. The largest absolute Gasteiger partial charge is 0.388 e. The van der Waals surface area contributed by atoms with Crippen LogP contribution in [0.25, 0.3) is 0 Å². The second-order valence-electron chi connectivity index (χ2n) is 6.94. The zero-order valence-corrected chi connectivity index (χ0v) is 13.3. The lowest BCUT2D eigenvalue weighted by molar-refractivity contribution is -0.132. The van der Waals surface area contributed by atoms with E-state index in [1.807, 2.05) is 37.9 Å². The van der Waals surface area contributed by atoms with Crippen LogP contribution in [0.2, 0.25) is 0 Å². The van der Waals surface area contributed by atoms with Gasteiger partial charge < -0.3 is 10.0 Å². The van der Waals surface area contributed by atoms with Gasteiger partial charge >= 0.3 is 0 Å². The fraction of sp³-hybridized carbons (Fsp3) is 0.625. The monoisotopic (exact) mass is 291 g/mol. The van der Waals surface area contributed by atoms with Crippen molar-refractivity contribution in [1.82, 2.24) is 14.8 Å². The van der Waals surface area contributed by atoms with Crippen molar-refractivity contribution < 1.29 is 9.90 Å². The van der Waals surface area contributed by atoms with Gasteiger partial charge in [-0.3, -0.25) is 14.7 Å². The number of nitrogens with zero attached hydrogens (tertiary/aromatic N) is 3. The molecule has 1 N–H and O–H groups in total. The molecule has 1 amide bonds. The molecule has 1 saturated heterocycles. The molecule has 1 atom stereocenters. The van der Waals surface area contributed by atoms with Gasteiger partial charge in [0, 0.05) is 37.4 Å². The number of amides is 1.